The van der Waals surface area contributed by atoms with E-state index in [4.69, 9.17) is 9.47 Å². The van der Waals surface area contributed by atoms with Gasteiger partial charge in [-0.05, 0) is 121 Å². The number of hydrogen-bond donors (Lipinski definition) is 7. The second kappa shape index (κ2) is 42.2. The lowest BCUT2D eigenvalue weighted by Gasteiger charge is -2.40. The fourth-order valence-corrected chi connectivity index (χ4v) is 12.6. The van der Waals surface area contributed by atoms with E-state index in [2.05, 4.69) is 31.5 Å². The number of nitrogens with one attached hydrogen (secondary N) is 5. The molecular formula is C70H128N12O15. The number of aliphatic hydroxyl groups is 2. The highest BCUT2D eigenvalue weighted by Gasteiger charge is 2.45. The minimum atomic E-state index is -1.70. The van der Waals surface area contributed by atoms with Crippen LogP contribution in [0.3, 0.4) is 0 Å². The molecule has 0 bridgehead atoms. The van der Waals surface area contributed by atoms with E-state index in [-0.39, 0.29) is 56.7 Å². The summed E-state index contributed by atoms with van der Waals surface area (Å²) in [5.41, 5.74) is 0. The van der Waals surface area contributed by atoms with Gasteiger partial charge in [0, 0.05) is 68.6 Å². The number of nitrogens with zero attached hydrogens (tertiary/aromatic N) is 7. The smallest absolute Gasteiger partial charge is 0.246 e. The summed E-state index contributed by atoms with van der Waals surface area (Å²) < 4.78 is 11.9. The molecule has 0 aromatic carbocycles. The van der Waals surface area contributed by atoms with Gasteiger partial charge < -0.3 is 75.7 Å². The molecule has 0 saturated carbocycles. The minimum Gasteiger partial charge on any atom is -0.396 e. The number of hydrogen-bond acceptors (Lipinski definition) is 16. The molecule has 0 aromatic heterocycles. The predicted octanol–water partition coefficient (Wildman–Crippen LogP) is 2.76. The Morgan fingerprint density at radius 3 is 1.48 bits per heavy atom. The summed E-state index contributed by atoms with van der Waals surface area (Å²) in [6.07, 6.45) is 2.27. The van der Waals surface area contributed by atoms with Crippen LogP contribution in [0, 0.1) is 35.5 Å². The van der Waals surface area contributed by atoms with Crippen molar-refractivity contribution in [3.63, 3.8) is 0 Å². The highest BCUT2D eigenvalue weighted by Crippen LogP contribution is 2.25. The van der Waals surface area contributed by atoms with Crippen LogP contribution in [0.1, 0.15) is 181 Å². The lowest BCUT2D eigenvalue weighted by atomic mass is 9.91. The Labute approximate surface area is 580 Å². The average Bonchev–Trinajstić information content (AvgIpc) is 0.820. The van der Waals surface area contributed by atoms with Gasteiger partial charge in [0.1, 0.15) is 66.5 Å². The number of unbranched alkanes of at least 4 members (excludes halogenated alkanes) is 4. The minimum absolute atomic E-state index is 0.0187. The van der Waals surface area contributed by atoms with Gasteiger partial charge in [-0.25, -0.2) is 0 Å². The number of rotatable bonds is 24. The van der Waals surface area contributed by atoms with Crippen molar-refractivity contribution < 1.29 is 72.4 Å². The van der Waals surface area contributed by atoms with E-state index >= 15 is 19.2 Å². The Kier molecular flexibility index (Phi) is 37.8. The fraction of sp³-hybridized carbons (Fsp3) is 0.843. The van der Waals surface area contributed by atoms with Crippen molar-refractivity contribution in [3.05, 3.63) is 0 Å². The first kappa shape index (κ1) is 87.1. The van der Waals surface area contributed by atoms with Gasteiger partial charge in [-0.2, -0.15) is 0 Å². The molecule has 2 aliphatic rings. The molecule has 0 radical (unpaired) electrons. The van der Waals surface area contributed by atoms with E-state index in [1.165, 1.54) is 82.7 Å². The van der Waals surface area contributed by atoms with E-state index in [1.807, 2.05) is 41.5 Å². The molecule has 2 heterocycles. The van der Waals surface area contributed by atoms with Crippen LogP contribution in [0.2, 0.25) is 0 Å². The highest BCUT2D eigenvalue weighted by atomic mass is 16.5. The third kappa shape index (κ3) is 26.2. The van der Waals surface area contributed by atoms with Gasteiger partial charge >= 0.3 is 0 Å². The molecule has 27 heteroatoms. The number of carbonyl (C=O) groups excluding carboxylic acids is 11. The topological polar surface area (TPSA) is 330 Å². The third-order valence-corrected chi connectivity index (χ3v) is 19.0. The fourth-order valence-electron chi connectivity index (χ4n) is 12.6. The largest absolute Gasteiger partial charge is 0.396 e. The Morgan fingerprint density at radius 1 is 0.474 bits per heavy atom. The van der Waals surface area contributed by atoms with Gasteiger partial charge in [0.25, 0.3) is 0 Å². The molecule has 11 amide bonds. The Hall–Kier alpha value is -6.03. The maximum absolute atomic E-state index is 15.2. The van der Waals surface area contributed by atoms with Gasteiger partial charge in [-0.3, -0.25) is 57.6 Å². The van der Waals surface area contributed by atoms with Gasteiger partial charge in [-0.1, -0.05) is 102 Å². The van der Waals surface area contributed by atoms with Crippen molar-refractivity contribution in [3.8, 4) is 0 Å². The summed E-state index contributed by atoms with van der Waals surface area (Å²) in [6.45, 7) is 31.3. The number of ether oxygens (including phenoxy) is 2. The van der Waals surface area contributed by atoms with E-state index in [1.54, 1.807) is 48.5 Å². The standard InChI is InChI=1S/C70H128N12O15/c1-23-51-67(92)76(17)49(15)66(91)81(22)58(50(16)97-35-29-27-31-82-32-36-96-37-33-82)64(89)74-55(44(8)9)70(95)77(18)52(38-41(2)3)61(86)71-47(13)60(85)72-48(14)65(90)78(19)53(39-42(4)5)68(93)79(20)54(40-43(6)7)69(94)80(21)57(45(10)11)63(88)75-56(62(87)73-51)59(84)46(12)30-26-24-25-28-34-83/h41-59,83-84H,23-40H2,1-22H3,(H,71,86)(H,72,85)(H,73,87)(H,74,89)(H,75,88)/t46-,47+,48-,49-,50-,51+,52+,53+,54+,55+,56+,57+,58+,59-/m1/s1. The first-order chi connectivity index (χ1) is 45.3. The van der Waals surface area contributed by atoms with E-state index in [9.17, 15) is 43.8 Å². The van der Waals surface area contributed by atoms with Gasteiger partial charge in [0.05, 0.1) is 25.4 Å². The van der Waals surface area contributed by atoms with Crippen LogP contribution in [-0.4, -0.2) is 277 Å². The molecule has 0 spiro atoms. The molecule has 2 rings (SSSR count). The molecule has 0 unspecified atom stereocenters. The number of aliphatic hydroxyl groups excluding tert-OH is 2. The number of carbonyl (C=O) groups is 11. The van der Waals surface area contributed by atoms with Gasteiger partial charge in [-0.15, -0.1) is 0 Å². The zero-order valence-corrected chi connectivity index (χ0v) is 63.0. The molecular weight excluding hydrogens is 1250 g/mol. The second-order valence-electron chi connectivity index (χ2n) is 29.2. The summed E-state index contributed by atoms with van der Waals surface area (Å²) in [6, 6.07) is -14.3. The Morgan fingerprint density at radius 2 is 0.959 bits per heavy atom. The summed E-state index contributed by atoms with van der Waals surface area (Å²) in [5, 5.41) is 35.4. The van der Waals surface area contributed by atoms with E-state index in [0.717, 1.165) is 42.3 Å². The molecule has 7 N–H and O–H groups in total. The van der Waals surface area contributed by atoms with Crippen LogP contribution in [-0.2, 0) is 62.2 Å². The van der Waals surface area contributed by atoms with Crippen molar-refractivity contribution >= 4 is 65.0 Å². The highest BCUT2D eigenvalue weighted by molar-refractivity contribution is 6.00. The van der Waals surface area contributed by atoms with Crippen molar-refractivity contribution in [2.75, 3.05) is 88.3 Å². The van der Waals surface area contributed by atoms with Crippen molar-refractivity contribution in [2.24, 2.45) is 35.5 Å². The zero-order valence-electron chi connectivity index (χ0n) is 63.0. The second-order valence-corrected chi connectivity index (χ2v) is 29.2. The van der Waals surface area contributed by atoms with Crippen LogP contribution in [0.15, 0.2) is 0 Å². The van der Waals surface area contributed by atoms with Gasteiger partial charge in [0.15, 0.2) is 0 Å². The van der Waals surface area contributed by atoms with Gasteiger partial charge in [0.2, 0.25) is 65.0 Å². The Bertz CT molecular complexity index is 2550. The lowest BCUT2D eigenvalue weighted by molar-refractivity contribution is -0.154. The predicted molar refractivity (Wildman–Crippen MR) is 372 cm³/mol. The molecule has 27 nitrogen and oxygen atoms in total. The number of morpholine rings is 1. The summed E-state index contributed by atoms with van der Waals surface area (Å²) in [5.74, 6) is -10.2. The van der Waals surface area contributed by atoms with E-state index < -0.39 is 161 Å². The van der Waals surface area contributed by atoms with Crippen LogP contribution in [0.5, 0.6) is 0 Å². The number of likely N-dealkylation sites (N-methyl/N-ethyl adjacent to an activating group) is 6. The van der Waals surface area contributed by atoms with Crippen molar-refractivity contribution in [2.45, 2.75) is 260 Å². The molecule has 14 atom stereocenters. The van der Waals surface area contributed by atoms with Crippen LogP contribution < -0.4 is 26.6 Å². The summed E-state index contributed by atoms with van der Waals surface area (Å²) in [7, 11) is 8.51. The molecule has 97 heavy (non-hydrogen) atoms. The maximum Gasteiger partial charge on any atom is 0.246 e. The third-order valence-electron chi connectivity index (χ3n) is 19.0. The van der Waals surface area contributed by atoms with Crippen molar-refractivity contribution in [1.29, 1.82) is 0 Å². The first-order valence-corrected chi connectivity index (χ1v) is 35.6. The lowest BCUT2D eigenvalue weighted by Crippen LogP contribution is -2.64. The van der Waals surface area contributed by atoms with E-state index in [0.29, 0.717) is 45.3 Å². The molecule has 2 fully saturated rings. The first-order valence-electron chi connectivity index (χ1n) is 35.6. The average molecular weight is 1380 g/mol. The number of amides is 11. The summed E-state index contributed by atoms with van der Waals surface area (Å²) >= 11 is 0. The maximum atomic E-state index is 15.2. The Balaban J connectivity index is 2.98. The van der Waals surface area contributed by atoms with Crippen molar-refractivity contribution in [1.82, 2.24) is 60.9 Å². The molecule has 0 aromatic rings. The molecule has 2 saturated heterocycles. The summed E-state index contributed by atoms with van der Waals surface area (Å²) in [4.78, 5) is 172. The molecule has 2 aliphatic heterocycles. The monoisotopic (exact) mass is 1380 g/mol. The van der Waals surface area contributed by atoms with Crippen LogP contribution in [0.25, 0.3) is 0 Å². The molecule has 558 valence electrons. The zero-order chi connectivity index (χ0) is 74.0. The molecule has 0 aliphatic carbocycles. The normalized spacial score (nSPS) is 27.1. The quantitative estimate of drug-likeness (QED) is 0.0684. The van der Waals surface area contributed by atoms with Crippen LogP contribution in [0.4, 0.5) is 0 Å². The SMILES string of the molecule is CC[C@@H]1NC(=O)[C@H]([C@H](O)[C@H](C)CCCCCCO)NC(=O)[C@H](C(C)C)N(C)C(=O)[C@H](CC(C)C)N(C)C(=O)[C@H](CC(C)C)N(C)C(=O)[C@@H](C)NC(=O)[C@H](C)NC(=O)[C@H](CC(C)C)N(C)C(=O)[C@H](C(C)C)NC(=O)[C@H]([C@@H](C)OCCCCN2CCOCC2)N(C)C(=O)[C@@H](C)N(C)C1=O. The van der Waals surface area contributed by atoms with Crippen LogP contribution >= 0.6 is 0 Å².